The molecule has 0 saturated carbocycles. The van der Waals surface area contributed by atoms with Crippen LogP contribution in [0, 0.1) is 0 Å². The molecule has 1 aromatic rings. The van der Waals surface area contributed by atoms with Gasteiger partial charge in [0, 0.05) is 43.8 Å². The molecule has 1 rings (SSSR count). The lowest BCUT2D eigenvalue weighted by molar-refractivity contribution is 0.119. The molecular weight excluding hydrogens is 272 g/mol. The molecule has 1 heterocycles. The lowest BCUT2D eigenvalue weighted by Gasteiger charge is -2.16. The Morgan fingerprint density at radius 2 is 2.00 bits per heavy atom. The zero-order chi connectivity index (χ0) is 14.8. The first-order chi connectivity index (χ1) is 9.67. The first-order valence-electron chi connectivity index (χ1n) is 7.30. The van der Waals surface area contributed by atoms with Crippen LogP contribution in [0.1, 0.15) is 18.7 Å². The van der Waals surface area contributed by atoms with Crippen molar-refractivity contribution in [3.8, 4) is 0 Å². The number of likely N-dealkylation sites (N-methyl/N-ethyl adjacent to an activating group) is 1. The Morgan fingerprint density at radius 3 is 2.65 bits per heavy atom. The SMILES string of the molecule is CCN(CC)c1ncc(CNCCOCCN(C)C)s1. The van der Waals surface area contributed by atoms with Crippen LogP contribution in [0.4, 0.5) is 5.13 Å². The standard InChI is InChI=1S/C14H28N4OS/c1-5-18(6-2)14-16-12-13(20-14)11-15-7-9-19-10-8-17(3)4/h12,15H,5-11H2,1-4H3. The van der Waals surface area contributed by atoms with Gasteiger partial charge in [-0.05, 0) is 27.9 Å². The zero-order valence-electron chi connectivity index (χ0n) is 13.2. The molecule has 0 aromatic carbocycles. The molecule has 6 heteroatoms. The molecule has 0 amide bonds. The fourth-order valence-corrected chi connectivity index (χ4v) is 2.73. The second-order valence-electron chi connectivity index (χ2n) is 4.87. The first kappa shape index (κ1) is 17.4. The maximum atomic E-state index is 5.54. The van der Waals surface area contributed by atoms with Gasteiger partial charge >= 0.3 is 0 Å². The quantitative estimate of drug-likeness (QED) is 0.629. The van der Waals surface area contributed by atoms with Gasteiger partial charge in [0.1, 0.15) is 0 Å². The van der Waals surface area contributed by atoms with Gasteiger partial charge in [-0.2, -0.15) is 0 Å². The number of nitrogens with zero attached hydrogens (tertiary/aromatic N) is 3. The average Bonchev–Trinajstić information content (AvgIpc) is 2.87. The molecule has 0 aliphatic heterocycles. The van der Waals surface area contributed by atoms with Crippen molar-refractivity contribution in [2.75, 3.05) is 58.4 Å². The van der Waals surface area contributed by atoms with Crippen molar-refractivity contribution in [2.45, 2.75) is 20.4 Å². The van der Waals surface area contributed by atoms with Gasteiger partial charge < -0.3 is 19.9 Å². The molecule has 0 saturated heterocycles. The van der Waals surface area contributed by atoms with Crippen LogP contribution in [-0.2, 0) is 11.3 Å². The number of hydrogen-bond acceptors (Lipinski definition) is 6. The van der Waals surface area contributed by atoms with Gasteiger partial charge in [-0.1, -0.05) is 0 Å². The van der Waals surface area contributed by atoms with E-state index < -0.39 is 0 Å². The molecule has 1 aromatic heterocycles. The molecule has 0 unspecified atom stereocenters. The van der Waals surface area contributed by atoms with E-state index in [9.17, 15) is 0 Å². The minimum atomic E-state index is 0.759. The Hall–Kier alpha value is -0.690. The van der Waals surface area contributed by atoms with E-state index in [1.165, 1.54) is 4.88 Å². The van der Waals surface area contributed by atoms with E-state index in [1.54, 1.807) is 11.3 Å². The fourth-order valence-electron chi connectivity index (χ4n) is 1.72. The van der Waals surface area contributed by atoms with Crippen LogP contribution >= 0.6 is 11.3 Å². The molecule has 0 spiro atoms. The van der Waals surface area contributed by atoms with Crippen LogP contribution in [0.3, 0.4) is 0 Å². The van der Waals surface area contributed by atoms with E-state index in [4.69, 9.17) is 4.74 Å². The zero-order valence-corrected chi connectivity index (χ0v) is 14.0. The molecule has 0 aliphatic carbocycles. The lowest BCUT2D eigenvalue weighted by atomic mass is 10.5. The van der Waals surface area contributed by atoms with E-state index in [0.717, 1.165) is 51.1 Å². The van der Waals surface area contributed by atoms with Crippen LogP contribution < -0.4 is 10.2 Å². The van der Waals surface area contributed by atoms with Crippen LogP contribution in [0.5, 0.6) is 0 Å². The summed E-state index contributed by atoms with van der Waals surface area (Å²) in [6.45, 7) is 10.6. The van der Waals surface area contributed by atoms with Crippen molar-refractivity contribution >= 4 is 16.5 Å². The highest BCUT2D eigenvalue weighted by molar-refractivity contribution is 7.15. The molecule has 0 fully saturated rings. The van der Waals surface area contributed by atoms with Crippen molar-refractivity contribution in [1.82, 2.24) is 15.2 Å². The summed E-state index contributed by atoms with van der Waals surface area (Å²) in [5.74, 6) is 0. The molecule has 0 radical (unpaired) electrons. The third kappa shape index (κ3) is 6.65. The smallest absolute Gasteiger partial charge is 0.185 e. The van der Waals surface area contributed by atoms with Crippen molar-refractivity contribution in [1.29, 1.82) is 0 Å². The van der Waals surface area contributed by atoms with Crippen LogP contribution in [0.15, 0.2) is 6.20 Å². The van der Waals surface area contributed by atoms with E-state index in [1.807, 2.05) is 6.20 Å². The van der Waals surface area contributed by atoms with E-state index in [-0.39, 0.29) is 0 Å². The fraction of sp³-hybridized carbons (Fsp3) is 0.786. The minimum Gasteiger partial charge on any atom is -0.379 e. The number of rotatable bonds is 11. The van der Waals surface area contributed by atoms with Gasteiger partial charge in [0.25, 0.3) is 0 Å². The average molecular weight is 300 g/mol. The Kier molecular flexibility index (Phi) is 8.77. The Labute approximate surface area is 126 Å². The van der Waals surface area contributed by atoms with Gasteiger partial charge in [-0.15, -0.1) is 11.3 Å². The molecule has 0 bridgehead atoms. The molecule has 20 heavy (non-hydrogen) atoms. The normalized spacial score (nSPS) is 11.2. The number of hydrogen-bond donors (Lipinski definition) is 1. The van der Waals surface area contributed by atoms with Crippen molar-refractivity contribution in [2.24, 2.45) is 0 Å². The summed E-state index contributed by atoms with van der Waals surface area (Å²) in [6.07, 6.45) is 1.97. The van der Waals surface area contributed by atoms with E-state index >= 15 is 0 Å². The van der Waals surface area contributed by atoms with Crippen LogP contribution in [0.25, 0.3) is 0 Å². The highest BCUT2D eigenvalue weighted by atomic mass is 32.1. The Morgan fingerprint density at radius 1 is 1.25 bits per heavy atom. The predicted octanol–water partition coefficient (Wildman–Crippen LogP) is 1.66. The molecule has 116 valence electrons. The van der Waals surface area contributed by atoms with Crippen LogP contribution in [-0.4, -0.2) is 63.4 Å². The Bertz CT molecular complexity index is 353. The van der Waals surface area contributed by atoms with Gasteiger partial charge in [-0.3, -0.25) is 0 Å². The monoisotopic (exact) mass is 300 g/mol. The number of thiazole rings is 1. The highest BCUT2D eigenvalue weighted by Gasteiger charge is 2.07. The van der Waals surface area contributed by atoms with Crippen molar-refractivity contribution in [3.63, 3.8) is 0 Å². The van der Waals surface area contributed by atoms with Gasteiger partial charge in [0.05, 0.1) is 13.2 Å². The van der Waals surface area contributed by atoms with E-state index in [2.05, 4.69) is 48.0 Å². The summed E-state index contributed by atoms with van der Waals surface area (Å²) in [5, 5.41) is 4.51. The maximum absolute atomic E-state index is 5.54. The van der Waals surface area contributed by atoms with Gasteiger partial charge in [0.2, 0.25) is 0 Å². The summed E-state index contributed by atoms with van der Waals surface area (Å²) in [7, 11) is 4.11. The summed E-state index contributed by atoms with van der Waals surface area (Å²) in [5.41, 5.74) is 0. The van der Waals surface area contributed by atoms with E-state index in [0.29, 0.717) is 0 Å². The van der Waals surface area contributed by atoms with Gasteiger partial charge in [-0.25, -0.2) is 4.98 Å². The maximum Gasteiger partial charge on any atom is 0.185 e. The number of ether oxygens (including phenoxy) is 1. The second kappa shape index (κ2) is 10.1. The van der Waals surface area contributed by atoms with Crippen molar-refractivity contribution in [3.05, 3.63) is 11.1 Å². The summed E-state index contributed by atoms with van der Waals surface area (Å²) >= 11 is 1.77. The second-order valence-corrected chi connectivity index (χ2v) is 5.97. The number of aromatic nitrogens is 1. The van der Waals surface area contributed by atoms with Crippen LogP contribution in [0.2, 0.25) is 0 Å². The Balaban J connectivity index is 2.13. The molecular formula is C14H28N4OS. The largest absolute Gasteiger partial charge is 0.379 e. The molecule has 1 N–H and O–H groups in total. The highest BCUT2D eigenvalue weighted by Crippen LogP contribution is 2.21. The third-order valence-corrected chi connectivity index (χ3v) is 4.04. The minimum absolute atomic E-state index is 0.759. The molecule has 0 atom stereocenters. The molecule has 5 nitrogen and oxygen atoms in total. The number of nitrogens with one attached hydrogen (secondary N) is 1. The topological polar surface area (TPSA) is 40.6 Å². The third-order valence-electron chi connectivity index (χ3n) is 2.98. The number of anilines is 1. The summed E-state index contributed by atoms with van der Waals surface area (Å²) in [6, 6.07) is 0. The lowest BCUT2D eigenvalue weighted by Crippen LogP contribution is -2.22. The predicted molar refractivity (Wildman–Crippen MR) is 86.8 cm³/mol. The summed E-state index contributed by atoms with van der Waals surface area (Å²) < 4.78 is 5.54. The van der Waals surface area contributed by atoms with Gasteiger partial charge in [0.15, 0.2) is 5.13 Å². The summed E-state index contributed by atoms with van der Waals surface area (Å²) in [4.78, 5) is 10.2. The first-order valence-corrected chi connectivity index (χ1v) is 8.11. The molecule has 0 aliphatic rings. The van der Waals surface area contributed by atoms with Crippen molar-refractivity contribution < 1.29 is 4.74 Å².